The highest BCUT2D eigenvalue weighted by Crippen LogP contribution is 2.30. The number of nitrogens with zero attached hydrogens (tertiary/aromatic N) is 1. The molecule has 1 aromatic heterocycles. The molecule has 8 nitrogen and oxygen atoms in total. The number of ether oxygens (including phenoxy) is 2. The highest BCUT2D eigenvalue weighted by Gasteiger charge is 2.45. The Balaban J connectivity index is 1.25. The summed E-state index contributed by atoms with van der Waals surface area (Å²) in [5, 5.41) is 3.42. The maximum atomic E-state index is 13.0. The Labute approximate surface area is 190 Å². The molecule has 0 spiro atoms. The first-order valence-electron chi connectivity index (χ1n) is 11.1. The molecule has 2 N–H and O–H groups in total. The molecule has 33 heavy (non-hydrogen) atoms. The average Bonchev–Trinajstić information content (AvgIpc) is 3.55. The van der Waals surface area contributed by atoms with Gasteiger partial charge in [0.1, 0.15) is 5.69 Å². The number of carbonyl (C=O) groups excluding carboxylic acids is 3. The minimum absolute atomic E-state index is 0.152. The summed E-state index contributed by atoms with van der Waals surface area (Å²) >= 11 is 0. The van der Waals surface area contributed by atoms with Gasteiger partial charge >= 0.3 is 5.97 Å². The molecule has 0 bridgehead atoms. The predicted molar refractivity (Wildman–Crippen MR) is 120 cm³/mol. The molecule has 5 rings (SSSR count). The number of benzene rings is 2. The van der Waals surface area contributed by atoms with Gasteiger partial charge in [0.2, 0.25) is 12.2 Å². The number of aromatic nitrogens is 1. The lowest BCUT2D eigenvalue weighted by molar-refractivity contribution is -0.172. The lowest BCUT2D eigenvalue weighted by atomic mass is 10.1. The summed E-state index contributed by atoms with van der Waals surface area (Å²) in [5.41, 5.74) is 2.13. The Kier molecular flexibility index (Phi) is 5.93. The molecule has 3 aromatic rings. The van der Waals surface area contributed by atoms with Crippen molar-refractivity contribution in [3.8, 4) is 0 Å². The normalized spacial score (nSPS) is 23.0. The van der Waals surface area contributed by atoms with E-state index < -0.39 is 18.2 Å². The van der Waals surface area contributed by atoms with Crippen molar-refractivity contribution in [1.29, 1.82) is 0 Å². The van der Waals surface area contributed by atoms with Crippen LogP contribution < -0.4 is 5.32 Å². The van der Waals surface area contributed by atoms with Gasteiger partial charge in [0, 0.05) is 10.9 Å². The molecular weight excluding hydrogens is 422 g/mol. The molecule has 2 saturated heterocycles. The second-order valence-corrected chi connectivity index (χ2v) is 8.41. The van der Waals surface area contributed by atoms with Crippen molar-refractivity contribution in [1.82, 2.24) is 15.2 Å². The van der Waals surface area contributed by atoms with Crippen molar-refractivity contribution in [2.45, 2.75) is 44.2 Å². The first-order chi connectivity index (χ1) is 16.1. The van der Waals surface area contributed by atoms with Crippen molar-refractivity contribution in [3.63, 3.8) is 0 Å². The van der Waals surface area contributed by atoms with E-state index in [0.717, 1.165) is 22.9 Å². The number of fused-ring (bicyclic) bond motifs is 1. The number of nitrogens with one attached hydrogen (secondary N) is 2. The van der Waals surface area contributed by atoms with E-state index in [0.29, 0.717) is 25.3 Å². The topological polar surface area (TPSA) is 101 Å². The Bertz CT molecular complexity index is 1140. The van der Waals surface area contributed by atoms with Crippen LogP contribution in [-0.4, -0.2) is 52.6 Å². The van der Waals surface area contributed by atoms with E-state index in [-0.39, 0.29) is 24.3 Å². The Morgan fingerprint density at radius 1 is 1.12 bits per heavy atom. The largest absolute Gasteiger partial charge is 0.434 e. The van der Waals surface area contributed by atoms with Crippen LogP contribution in [0.3, 0.4) is 0 Å². The summed E-state index contributed by atoms with van der Waals surface area (Å²) in [6, 6.07) is 18.0. The van der Waals surface area contributed by atoms with Gasteiger partial charge in [-0.15, -0.1) is 0 Å². The van der Waals surface area contributed by atoms with Crippen molar-refractivity contribution >= 4 is 28.7 Å². The SMILES string of the molecule is O=C1CC(N2CCC[C@H]2C(=O)NC(=O)c2cc3ccccc3[nH]2)C(OCc2ccccc2)O1. The van der Waals surface area contributed by atoms with Crippen LogP contribution in [-0.2, 0) is 25.7 Å². The highest BCUT2D eigenvalue weighted by molar-refractivity contribution is 6.07. The maximum absolute atomic E-state index is 13.0. The van der Waals surface area contributed by atoms with Gasteiger partial charge in [-0.3, -0.25) is 24.6 Å². The van der Waals surface area contributed by atoms with E-state index in [1.165, 1.54) is 0 Å². The maximum Gasteiger partial charge on any atom is 0.309 e. The molecule has 0 radical (unpaired) electrons. The fourth-order valence-corrected chi connectivity index (χ4v) is 4.62. The van der Waals surface area contributed by atoms with Gasteiger partial charge in [-0.25, -0.2) is 0 Å². The second kappa shape index (κ2) is 9.17. The number of likely N-dealkylation sites (tertiary alicyclic amines) is 1. The zero-order valence-electron chi connectivity index (χ0n) is 18.0. The van der Waals surface area contributed by atoms with E-state index in [2.05, 4.69) is 10.3 Å². The van der Waals surface area contributed by atoms with Crippen LogP contribution in [0.25, 0.3) is 10.9 Å². The van der Waals surface area contributed by atoms with Crippen LogP contribution in [0.2, 0.25) is 0 Å². The second-order valence-electron chi connectivity index (χ2n) is 8.41. The minimum Gasteiger partial charge on any atom is -0.434 e. The zero-order valence-corrected chi connectivity index (χ0v) is 18.0. The van der Waals surface area contributed by atoms with Gasteiger partial charge in [-0.1, -0.05) is 48.5 Å². The third-order valence-electron chi connectivity index (χ3n) is 6.23. The molecule has 3 atom stereocenters. The highest BCUT2D eigenvalue weighted by atomic mass is 16.7. The van der Waals surface area contributed by atoms with E-state index in [4.69, 9.17) is 9.47 Å². The zero-order chi connectivity index (χ0) is 22.8. The number of esters is 1. The average molecular weight is 447 g/mol. The summed E-state index contributed by atoms with van der Waals surface area (Å²) in [4.78, 5) is 42.8. The van der Waals surface area contributed by atoms with Gasteiger partial charge in [0.25, 0.3) is 5.91 Å². The summed E-state index contributed by atoms with van der Waals surface area (Å²) in [6.45, 7) is 0.935. The summed E-state index contributed by atoms with van der Waals surface area (Å²) in [6.07, 6.45) is 0.783. The van der Waals surface area contributed by atoms with Gasteiger partial charge in [0.15, 0.2) is 0 Å². The summed E-state index contributed by atoms with van der Waals surface area (Å²) in [5.74, 6) is -1.20. The molecule has 2 unspecified atom stereocenters. The van der Waals surface area contributed by atoms with Crippen molar-refractivity contribution in [3.05, 3.63) is 71.9 Å². The van der Waals surface area contributed by atoms with Gasteiger partial charge in [0.05, 0.1) is 25.1 Å². The number of carbonyl (C=O) groups is 3. The van der Waals surface area contributed by atoms with Gasteiger partial charge in [-0.2, -0.15) is 0 Å². The smallest absolute Gasteiger partial charge is 0.309 e. The minimum atomic E-state index is -0.754. The molecule has 0 saturated carbocycles. The van der Waals surface area contributed by atoms with E-state index >= 15 is 0 Å². The molecular formula is C25H25N3O5. The third-order valence-corrected chi connectivity index (χ3v) is 6.23. The molecule has 2 amide bonds. The number of amides is 2. The fourth-order valence-electron chi connectivity index (χ4n) is 4.62. The fraction of sp³-hybridized carbons (Fsp3) is 0.320. The van der Waals surface area contributed by atoms with Crippen LogP contribution in [0, 0.1) is 0 Å². The molecule has 8 heteroatoms. The summed E-state index contributed by atoms with van der Waals surface area (Å²) < 4.78 is 11.3. The van der Waals surface area contributed by atoms with E-state index in [1.807, 2.05) is 59.5 Å². The quantitative estimate of drug-likeness (QED) is 0.445. The van der Waals surface area contributed by atoms with Crippen LogP contribution >= 0.6 is 0 Å². The molecule has 2 fully saturated rings. The Hall–Kier alpha value is -3.49. The number of hydrogen-bond acceptors (Lipinski definition) is 6. The number of para-hydroxylation sites is 1. The van der Waals surface area contributed by atoms with Crippen LogP contribution in [0.4, 0.5) is 0 Å². The number of imide groups is 1. The van der Waals surface area contributed by atoms with Crippen molar-refractivity contribution < 1.29 is 23.9 Å². The molecule has 2 aromatic carbocycles. The summed E-state index contributed by atoms with van der Waals surface area (Å²) in [7, 11) is 0. The number of rotatable bonds is 6. The lowest BCUT2D eigenvalue weighted by Crippen LogP contribution is -2.51. The number of hydrogen-bond donors (Lipinski definition) is 2. The molecule has 3 heterocycles. The monoisotopic (exact) mass is 447 g/mol. The van der Waals surface area contributed by atoms with E-state index in [9.17, 15) is 14.4 Å². The van der Waals surface area contributed by atoms with Crippen LogP contribution in [0.15, 0.2) is 60.7 Å². The van der Waals surface area contributed by atoms with Gasteiger partial charge < -0.3 is 14.5 Å². The molecule has 2 aliphatic rings. The first-order valence-corrected chi connectivity index (χ1v) is 11.1. The lowest BCUT2D eigenvalue weighted by Gasteiger charge is -2.31. The third kappa shape index (κ3) is 4.53. The first kappa shape index (κ1) is 21.4. The van der Waals surface area contributed by atoms with Gasteiger partial charge in [-0.05, 0) is 37.1 Å². The van der Waals surface area contributed by atoms with Crippen LogP contribution in [0.1, 0.15) is 35.3 Å². The van der Waals surface area contributed by atoms with E-state index in [1.54, 1.807) is 6.07 Å². The number of aromatic amines is 1. The number of H-pyrrole nitrogens is 1. The molecule has 2 aliphatic heterocycles. The predicted octanol–water partition coefficient (Wildman–Crippen LogP) is 2.75. The number of cyclic esters (lactones) is 1. The van der Waals surface area contributed by atoms with Crippen molar-refractivity contribution in [2.75, 3.05) is 6.54 Å². The Morgan fingerprint density at radius 2 is 1.91 bits per heavy atom. The Morgan fingerprint density at radius 3 is 2.73 bits per heavy atom. The van der Waals surface area contributed by atoms with Crippen molar-refractivity contribution in [2.24, 2.45) is 0 Å². The molecule has 0 aliphatic carbocycles. The molecule has 170 valence electrons. The standard InChI is InChI=1S/C25H25N3O5/c29-22-14-21(25(33-22)32-15-16-7-2-1-3-8-16)28-12-6-11-20(28)24(31)27-23(30)19-13-17-9-4-5-10-18(17)26-19/h1-5,7-10,13,20-21,25-26H,6,11-12,14-15H2,(H,27,30,31)/t20-,21?,25?/m0/s1. The van der Waals surface area contributed by atoms with Crippen LogP contribution in [0.5, 0.6) is 0 Å².